The van der Waals surface area contributed by atoms with E-state index in [1.165, 1.54) is 0 Å². The average molecular weight is 229 g/mol. The molecule has 0 aromatic rings. The van der Waals surface area contributed by atoms with Crippen molar-refractivity contribution in [2.75, 3.05) is 6.54 Å². The fraction of sp³-hybridized carbons (Fsp3) is 0.818. The highest BCUT2D eigenvalue weighted by Crippen LogP contribution is 2.06. The SMILES string of the molecule is CCCCNC(=O)N[C@H](C(=O)[O-])[C@@H](C)CC. The number of hydrogen-bond acceptors (Lipinski definition) is 3. The van der Waals surface area contributed by atoms with Crippen molar-refractivity contribution < 1.29 is 14.7 Å². The molecule has 0 heterocycles. The molecule has 2 amide bonds. The largest absolute Gasteiger partial charge is 0.548 e. The van der Waals surface area contributed by atoms with Gasteiger partial charge < -0.3 is 20.5 Å². The predicted molar refractivity (Wildman–Crippen MR) is 59.7 cm³/mol. The second-order valence-corrected chi connectivity index (χ2v) is 3.94. The van der Waals surface area contributed by atoms with Gasteiger partial charge in [-0.1, -0.05) is 33.6 Å². The molecule has 16 heavy (non-hydrogen) atoms. The highest BCUT2D eigenvalue weighted by atomic mass is 16.4. The molecular weight excluding hydrogens is 208 g/mol. The summed E-state index contributed by atoms with van der Waals surface area (Å²) in [5.41, 5.74) is 0. The lowest BCUT2D eigenvalue weighted by Crippen LogP contribution is -2.54. The third kappa shape index (κ3) is 5.58. The first-order valence-corrected chi connectivity index (χ1v) is 5.78. The molecular formula is C11H21N2O3-. The van der Waals surface area contributed by atoms with E-state index in [1.54, 1.807) is 6.92 Å². The number of nitrogens with one attached hydrogen (secondary N) is 2. The van der Waals surface area contributed by atoms with Gasteiger partial charge in [0, 0.05) is 6.54 Å². The molecule has 0 rings (SSSR count). The van der Waals surface area contributed by atoms with Crippen LogP contribution in [0.25, 0.3) is 0 Å². The molecule has 0 aliphatic carbocycles. The normalized spacial score (nSPS) is 13.9. The Morgan fingerprint density at radius 3 is 2.38 bits per heavy atom. The van der Waals surface area contributed by atoms with Gasteiger partial charge in [-0.3, -0.25) is 0 Å². The topological polar surface area (TPSA) is 81.3 Å². The third-order valence-corrected chi connectivity index (χ3v) is 2.57. The number of carbonyl (C=O) groups excluding carboxylic acids is 2. The maximum atomic E-state index is 11.3. The Morgan fingerprint density at radius 1 is 1.31 bits per heavy atom. The molecule has 2 N–H and O–H groups in total. The summed E-state index contributed by atoms with van der Waals surface area (Å²) in [6, 6.07) is -1.37. The smallest absolute Gasteiger partial charge is 0.315 e. The van der Waals surface area contributed by atoms with E-state index in [2.05, 4.69) is 10.6 Å². The maximum Gasteiger partial charge on any atom is 0.315 e. The van der Waals surface area contributed by atoms with Crippen LogP contribution in [0, 0.1) is 5.92 Å². The summed E-state index contributed by atoms with van der Waals surface area (Å²) >= 11 is 0. The number of hydrogen-bond donors (Lipinski definition) is 2. The number of carboxylic acids is 1. The molecule has 0 aliphatic rings. The van der Waals surface area contributed by atoms with Crippen molar-refractivity contribution in [3.63, 3.8) is 0 Å². The summed E-state index contributed by atoms with van der Waals surface area (Å²) in [6.45, 7) is 6.22. The lowest BCUT2D eigenvalue weighted by atomic mass is 9.99. The van der Waals surface area contributed by atoms with Crippen LogP contribution in [0.3, 0.4) is 0 Å². The summed E-state index contributed by atoms with van der Waals surface area (Å²) in [4.78, 5) is 22.2. The molecule has 5 nitrogen and oxygen atoms in total. The second-order valence-electron chi connectivity index (χ2n) is 3.94. The van der Waals surface area contributed by atoms with Crippen molar-refractivity contribution in [3.8, 4) is 0 Å². The summed E-state index contributed by atoms with van der Waals surface area (Å²) in [7, 11) is 0. The van der Waals surface area contributed by atoms with Crippen molar-refractivity contribution in [3.05, 3.63) is 0 Å². The van der Waals surface area contributed by atoms with Crippen LogP contribution >= 0.6 is 0 Å². The van der Waals surface area contributed by atoms with Crippen LogP contribution in [0.15, 0.2) is 0 Å². The molecule has 0 aliphatic heterocycles. The lowest BCUT2D eigenvalue weighted by Gasteiger charge is -2.25. The minimum Gasteiger partial charge on any atom is -0.548 e. The molecule has 0 saturated carbocycles. The average Bonchev–Trinajstić information content (AvgIpc) is 2.25. The standard InChI is InChI=1S/C11H22N2O3/c1-4-6-7-12-11(16)13-9(10(14)15)8(3)5-2/h8-9H,4-7H2,1-3H3,(H,14,15)(H2,12,13,16)/p-1/t8-,9-/m0/s1. The highest BCUT2D eigenvalue weighted by molar-refractivity contribution is 5.81. The number of unbranched alkanes of at least 4 members (excludes halogenated alkanes) is 1. The fourth-order valence-electron chi connectivity index (χ4n) is 1.24. The zero-order chi connectivity index (χ0) is 12.6. The summed E-state index contributed by atoms with van der Waals surface area (Å²) in [5, 5.41) is 15.8. The molecule has 5 heteroatoms. The van der Waals surface area contributed by atoms with Crippen molar-refractivity contribution in [1.82, 2.24) is 10.6 Å². The molecule has 0 aromatic heterocycles. The van der Waals surface area contributed by atoms with Crippen molar-refractivity contribution in [2.45, 2.75) is 46.1 Å². The first-order valence-electron chi connectivity index (χ1n) is 5.78. The van der Waals surface area contributed by atoms with Gasteiger partial charge in [0.15, 0.2) is 0 Å². The van der Waals surface area contributed by atoms with E-state index in [-0.39, 0.29) is 5.92 Å². The molecule has 0 aromatic carbocycles. The Morgan fingerprint density at radius 2 is 1.94 bits per heavy atom. The van der Waals surface area contributed by atoms with E-state index in [0.717, 1.165) is 12.8 Å². The van der Waals surface area contributed by atoms with Gasteiger partial charge in [0.2, 0.25) is 0 Å². The van der Waals surface area contributed by atoms with Gasteiger partial charge >= 0.3 is 6.03 Å². The zero-order valence-corrected chi connectivity index (χ0v) is 10.2. The Hall–Kier alpha value is -1.26. The van der Waals surface area contributed by atoms with Gasteiger partial charge in [-0.25, -0.2) is 4.79 Å². The van der Waals surface area contributed by atoms with Gasteiger partial charge in [-0.05, 0) is 12.3 Å². The number of amides is 2. The van der Waals surface area contributed by atoms with Crippen LogP contribution < -0.4 is 15.7 Å². The van der Waals surface area contributed by atoms with E-state index < -0.39 is 18.0 Å². The molecule has 0 fully saturated rings. The van der Waals surface area contributed by atoms with Gasteiger partial charge in [0.05, 0.1) is 12.0 Å². The fourth-order valence-corrected chi connectivity index (χ4v) is 1.24. The predicted octanol–water partition coefficient (Wildman–Crippen LogP) is 0.250. The van der Waals surface area contributed by atoms with Crippen LogP contribution in [-0.2, 0) is 4.79 Å². The number of urea groups is 1. The first kappa shape index (κ1) is 14.7. The van der Waals surface area contributed by atoms with Crippen LogP contribution in [0.2, 0.25) is 0 Å². The number of aliphatic carboxylic acids is 1. The van der Waals surface area contributed by atoms with E-state index in [0.29, 0.717) is 13.0 Å². The number of rotatable bonds is 7. The number of carbonyl (C=O) groups is 2. The van der Waals surface area contributed by atoms with E-state index >= 15 is 0 Å². The quantitative estimate of drug-likeness (QED) is 0.614. The zero-order valence-electron chi connectivity index (χ0n) is 10.2. The Labute approximate surface area is 96.6 Å². The molecule has 0 bridgehead atoms. The molecule has 94 valence electrons. The maximum absolute atomic E-state index is 11.3. The van der Waals surface area contributed by atoms with E-state index in [9.17, 15) is 14.7 Å². The lowest BCUT2D eigenvalue weighted by molar-refractivity contribution is -0.309. The monoisotopic (exact) mass is 229 g/mol. The first-order chi connectivity index (χ1) is 7.52. The molecule has 0 saturated heterocycles. The van der Waals surface area contributed by atoms with Crippen LogP contribution in [0.1, 0.15) is 40.0 Å². The van der Waals surface area contributed by atoms with E-state index in [4.69, 9.17) is 0 Å². The van der Waals surface area contributed by atoms with Crippen molar-refractivity contribution in [1.29, 1.82) is 0 Å². The Balaban J connectivity index is 4.09. The van der Waals surface area contributed by atoms with E-state index in [1.807, 2.05) is 13.8 Å². The minimum atomic E-state index is -1.24. The van der Waals surface area contributed by atoms with Gasteiger partial charge in [-0.15, -0.1) is 0 Å². The minimum absolute atomic E-state index is 0.137. The summed E-state index contributed by atoms with van der Waals surface area (Å²) in [5.74, 6) is -1.37. The second kappa shape index (κ2) is 7.96. The summed E-state index contributed by atoms with van der Waals surface area (Å²) < 4.78 is 0. The molecule has 2 atom stereocenters. The molecule has 0 radical (unpaired) electrons. The summed E-state index contributed by atoms with van der Waals surface area (Å²) in [6.07, 6.45) is 2.54. The van der Waals surface area contributed by atoms with Crippen LogP contribution in [0.5, 0.6) is 0 Å². The Bertz CT molecular complexity index is 231. The van der Waals surface area contributed by atoms with Gasteiger partial charge in [0.1, 0.15) is 0 Å². The Kier molecular flexibility index (Phi) is 7.33. The molecule has 0 unspecified atom stereocenters. The number of carboxylic acid groups (broad SMARTS) is 1. The van der Waals surface area contributed by atoms with Crippen molar-refractivity contribution in [2.24, 2.45) is 5.92 Å². The van der Waals surface area contributed by atoms with Crippen LogP contribution in [-0.4, -0.2) is 24.6 Å². The third-order valence-electron chi connectivity index (χ3n) is 2.57. The van der Waals surface area contributed by atoms with Gasteiger partial charge in [-0.2, -0.15) is 0 Å². The van der Waals surface area contributed by atoms with Gasteiger partial charge in [0.25, 0.3) is 0 Å². The van der Waals surface area contributed by atoms with Crippen LogP contribution in [0.4, 0.5) is 4.79 Å². The highest BCUT2D eigenvalue weighted by Gasteiger charge is 2.18. The molecule has 0 spiro atoms. The van der Waals surface area contributed by atoms with Crippen molar-refractivity contribution >= 4 is 12.0 Å².